The molecule has 43 heavy (non-hydrogen) atoms. The van der Waals surface area contributed by atoms with E-state index in [0.29, 0.717) is 42.6 Å². The number of amides is 1. The number of benzene rings is 2. The van der Waals surface area contributed by atoms with Crippen molar-refractivity contribution >= 4 is 38.3 Å². The number of pyridine rings is 1. The number of aromatic nitrogens is 3. The highest BCUT2D eigenvalue weighted by atomic mass is 32.2. The fraction of sp³-hybridized carbons (Fsp3) is 0.233. The number of likely N-dealkylation sites (tertiary alicyclic amines) is 1. The second-order valence-corrected chi connectivity index (χ2v) is 11.6. The molecular weight excluding hydrogens is 580 g/mol. The van der Waals surface area contributed by atoms with Crippen molar-refractivity contribution in [2.75, 3.05) is 24.9 Å². The van der Waals surface area contributed by atoms with Gasteiger partial charge in [0.1, 0.15) is 23.6 Å². The van der Waals surface area contributed by atoms with Gasteiger partial charge in [0, 0.05) is 42.2 Å². The molecule has 0 saturated carbocycles. The van der Waals surface area contributed by atoms with Gasteiger partial charge in [0.2, 0.25) is 11.8 Å². The lowest BCUT2D eigenvalue weighted by atomic mass is 9.90. The minimum atomic E-state index is -4.67. The Kier molecular flexibility index (Phi) is 8.44. The van der Waals surface area contributed by atoms with Crippen LogP contribution in [-0.4, -0.2) is 60.2 Å². The van der Waals surface area contributed by atoms with Crippen LogP contribution in [-0.2, 0) is 19.6 Å². The highest BCUT2D eigenvalue weighted by Crippen LogP contribution is 2.35. The normalized spacial score (nSPS) is 14.3. The number of carbonyl (C=O) groups is 2. The number of hydrogen-bond donors (Lipinski definition) is 1. The van der Waals surface area contributed by atoms with E-state index in [1.807, 2.05) is 12.1 Å². The number of piperidine rings is 1. The average Bonchev–Trinajstić information content (AvgIpc) is 2.99. The van der Waals surface area contributed by atoms with Gasteiger partial charge in [0.05, 0.1) is 18.3 Å². The minimum Gasteiger partial charge on any atom is -0.480 e. The van der Waals surface area contributed by atoms with Crippen molar-refractivity contribution in [3.8, 4) is 17.0 Å². The summed E-state index contributed by atoms with van der Waals surface area (Å²) in [6.07, 6.45) is 6.87. The Morgan fingerprint density at radius 2 is 1.72 bits per heavy atom. The first-order chi connectivity index (χ1) is 20.6. The van der Waals surface area contributed by atoms with Crippen molar-refractivity contribution in [3.63, 3.8) is 0 Å². The number of nitrogens with zero attached hydrogens (tertiary/aromatic N) is 4. The van der Waals surface area contributed by atoms with E-state index in [1.54, 1.807) is 11.0 Å². The van der Waals surface area contributed by atoms with Gasteiger partial charge in [-0.15, -0.1) is 0 Å². The molecule has 3 heterocycles. The molecule has 1 aliphatic rings. The van der Waals surface area contributed by atoms with Crippen molar-refractivity contribution in [2.24, 2.45) is 0 Å². The van der Waals surface area contributed by atoms with E-state index in [9.17, 15) is 26.8 Å². The largest absolute Gasteiger partial charge is 0.480 e. The van der Waals surface area contributed by atoms with Crippen molar-refractivity contribution in [1.29, 1.82) is 0 Å². The second kappa shape index (κ2) is 12.2. The fourth-order valence-electron chi connectivity index (χ4n) is 5.03. The number of fused-ring (bicyclic) bond motifs is 1. The zero-order valence-electron chi connectivity index (χ0n) is 23.3. The molecule has 1 fully saturated rings. The number of methoxy groups -OCH3 is 1. The smallest absolute Gasteiger partial charge is 0.267 e. The second-order valence-electron chi connectivity index (χ2n) is 9.97. The van der Waals surface area contributed by atoms with Gasteiger partial charge in [-0.25, -0.2) is 32.2 Å². The highest BCUT2D eigenvalue weighted by molar-refractivity contribution is 7.92. The van der Waals surface area contributed by atoms with Gasteiger partial charge >= 0.3 is 0 Å². The summed E-state index contributed by atoms with van der Waals surface area (Å²) in [6.45, 7) is 2.40. The van der Waals surface area contributed by atoms with Gasteiger partial charge in [0.15, 0.2) is 10.7 Å². The molecule has 5 rings (SSSR count). The van der Waals surface area contributed by atoms with E-state index in [1.165, 1.54) is 44.8 Å². The topological polar surface area (TPSA) is 131 Å². The molecule has 0 unspecified atom stereocenters. The molecule has 1 saturated heterocycles. The van der Waals surface area contributed by atoms with Crippen LogP contribution in [0.3, 0.4) is 0 Å². The van der Waals surface area contributed by atoms with Gasteiger partial charge in [-0.3, -0.25) is 14.3 Å². The number of ketones is 1. The number of nitrogens with one attached hydrogen (secondary N) is 1. The SMILES string of the molecule is COc1ncc(-c2ccc3ncnc(C4CCN(C(=O)/C=C/C(C)=O)CC4)c3c2)cc1NS(=O)(=O)c1c(F)cccc1F. The molecule has 0 radical (unpaired) electrons. The van der Waals surface area contributed by atoms with E-state index in [0.717, 1.165) is 29.3 Å². The van der Waals surface area contributed by atoms with Gasteiger partial charge < -0.3 is 9.64 Å². The van der Waals surface area contributed by atoms with Crippen molar-refractivity contribution in [2.45, 2.75) is 30.6 Å². The number of hydrogen-bond acceptors (Lipinski definition) is 8. The maximum absolute atomic E-state index is 14.3. The summed E-state index contributed by atoms with van der Waals surface area (Å²) in [5.74, 6) is -2.91. The lowest BCUT2D eigenvalue weighted by Crippen LogP contribution is -2.37. The van der Waals surface area contributed by atoms with Crippen LogP contribution < -0.4 is 9.46 Å². The third-order valence-corrected chi connectivity index (χ3v) is 8.55. The van der Waals surface area contributed by atoms with E-state index < -0.39 is 26.6 Å². The molecule has 4 aromatic rings. The van der Waals surface area contributed by atoms with Crippen molar-refractivity contribution in [3.05, 3.63) is 84.5 Å². The number of anilines is 1. The Morgan fingerprint density at radius 1 is 1.00 bits per heavy atom. The van der Waals surface area contributed by atoms with E-state index >= 15 is 0 Å². The summed E-state index contributed by atoms with van der Waals surface area (Å²) in [7, 11) is -3.38. The standard InChI is InChI=1S/C30H27F2N5O5S/c1-18(38)6-9-27(39)37-12-10-19(11-13-37)28-22-14-20(7-8-25(22)34-17-35-28)21-15-26(30(42-2)33-16-21)36-43(40,41)29-23(31)4-3-5-24(29)32/h3-9,14-17,19,36H,10-13H2,1-2H3/b9-6+. The van der Waals surface area contributed by atoms with Gasteiger partial charge in [-0.05, 0) is 61.7 Å². The number of sulfonamides is 1. The Bertz CT molecular complexity index is 1840. The molecule has 1 amide bonds. The summed E-state index contributed by atoms with van der Waals surface area (Å²) in [4.78, 5) is 37.3. The predicted octanol–water partition coefficient (Wildman–Crippen LogP) is 4.63. The Balaban J connectivity index is 1.45. The maximum atomic E-state index is 14.3. The lowest BCUT2D eigenvalue weighted by Gasteiger charge is -2.31. The summed E-state index contributed by atoms with van der Waals surface area (Å²) in [5.41, 5.74) is 2.58. The van der Waals surface area contributed by atoms with Gasteiger partial charge in [-0.2, -0.15) is 0 Å². The Morgan fingerprint density at radius 3 is 2.40 bits per heavy atom. The predicted molar refractivity (Wildman–Crippen MR) is 155 cm³/mol. The molecule has 2 aromatic carbocycles. The maximum Gasteiger partial charge on any atom is 0.267 e. The lowest BCUT2D eigenvalue weighted by molar-refractivity contribution is -0.127. The van der Waals surface area contributed by atoms with Crippen LogP contribution in [0.2, 0.25) is 0 Å². The fourth-order valence-corrected chi connectivity index (χ4v) is 6.22. The first-order valence-corrected chi connectivity index (χ1v) is 14.8. The van der Waals surface area contributed by atoms with E-state index in [2.05, 4.69) is 19.7 Å². The molecule has 0 spiro atoms. The number of rotatable bonds is 8. The minimum absolute atomic E-state index is 0.0496. The van der Waals surface area contributed by atoms with Gasteiger partial charge in [0.25, 0.3) is 10.0 Å². The average molecular weight is 608 g/mol. The Hall–Kier alpha value is -4.78. The van der Waals surface area contributed by atoms with Crippen LogP contribution in [0.1, 0.15) is 31.4 Å². The molecule has 0 bridgehead atoms. The van der Waals surface area contributed by atoms with E-state index in [4.69, 9.17) is 4.74 Å². The highest BCUT2D eigenvalue weighted by Gasteiger charge is 2.27. The molecule has 1 N–H and O–H groups in total. The van der Waals surface area contributed by atoms with Crippen molar-refractivity contribution in [1.82, 2.24) is 19.9 Å². The molecule has 1 aliphatic heterocycles. The third-order valence-electron chi connectivity index (χ3n) is 7.13. The summed E-state index contributed by atoms with van der Waals surface area (Å²) in [6, 6.07) is 9.71. The third kappa shape index (κ3) is 6.36. The van der Waals surface area contributed by atoms with Crippen LogP contribution in [0.25, 0.3) is 22.0 Å². The van der Waals surface area contributed by atoms with E-state index in [-0.39, 0.29) is 29.2 Å². The van der Waals surface area contributed by atoms with Crippen LogP contribution >= 0.6 is 0 Å². The van der Waals surface area contributed by atoms with Gasteiger partial charge in [-0.1, -0.05) is 12.1 Å². The first-order valence-electron chi connectivity index (χ1n) is 13.3. The zero-order valence-corrected chi connectivity index (χ0v) is 24.1. The van der Waals surface area contributed by atoms with Crippen LogP contribution in [0, 0.1) is 11.6 Å². The molecule has 0 atom stereocenters. The summed E-state index contributed by atoms with van der Waals surface area (Å²) >= 11 is 0. The molecule has 0 aliphatic carbocycles. The Labute approximate surface area is 246 Å². The first kappa shape index (κ1) is 29.7. The van der Waals surface area contributed by atoms with Crippen molar-refractivity contribution < 1.29 is 31.5 Å². The zero-order chi connectivity index (χ0) is 30.7. The molecule has 222 valence electrons. The molecule has 13 heteroatoms. The summed E-state index contributed by atoms with van der Waals surface area (Å²) < 4.78 is 61.9. The quantitative estimate of drug-likeness (QED) is 0.287. The number of allylic oxidation sites excluding steroid dienone is 1. The molecule has 10 nitrogen and oxygen atoms in total. The summed E-state index contributed by atoms with van der Waals surface area (Å²) in [5, 5.41) is 0.785. The number of ether oxygens (including phenoxy) is 1. The van der Waals surface area contributed by atoms with Crippen LogP contribution in [0.5, 0.6) is 5.88 Å². The molecular formula is C30H27F2N5O5S. The van der Waals surface area contributed by atoms with Crippen LogP contribution in [0.15, 0.2) is 72.0 Å². The number of carbonyl (C=O) groups excluding carboxylic acids is 2. The monoisotopic (exact) mass is 607 g/mol. The molecule has 2 aromatic heterocycles. The van der Waals surface area contributed by atoms with Crippen LogP contribution in [0.4, 0.5) is 14.5 Å². The number of halogens is 2.